The zero-order valence-corrected chi connectivity index (χ0v) is 13.2. The molecule has 3 nitrogen and oxygen atoms in total. The summed E-state index contributed by atoms with van der Waals surface area (Å²) in [7, 11) is 0. The first-order valence-corrected chi connectivity index (χ1v) is 8.09. The molecule has 1 saturated carbocycles. The Labute approximate surface area is 120 Å². The van der Waals surface area contributed by atoms with Gasteiger partial charge in [-0.25, -0.2) is 0 Å². The maximum atomic E-state index is 12.8. The standard InChI is InChI=1S/C15H24N2OS/c1-5-10-8-6-7-9-11(10)12(18)13-14(15(2,3)4)16-17-19-13/h10-11H,5-9H2,1-4H3. The second-order valence-electron chi connectivity index (χ2n) is 6.62. The minimum atomic E-state index is -0.103. The van der Waals surface area contributed by atoms with Gasteiger partial charge in [0.2, 0.25) is 0 Å². The van der Waals surface area contributed by atoms with E-state index in [1.165, 1.54) is 30.8 Å². The maximum Gasteiger partial charge on any atom is 0.179 e. The van der Waals surface area contributed by atoms with E-state index in [0.29, 0.717) is 11.7 Å². The number of aromatic nitrogens is 2. The van der Waals surface area contributed by atoms with E-state index in [0.717, 1.165) is 23.4 Å². The van der Waals surface area contributed by atoms with Crippen molar-refractivity contribution in [3.8, 4) is 0 Å². The molecule has 0 radical (unpaired) electrons. The summed E-state index contributed by atoms with van der Waals surface area (Å²) in [6.07, 6.45) is 5.80. The molecule has 0 aliphatic heterocycles. The van der Waals surface area contributed by atoms with E-state index < -0.39 is 0 Å². The number of ketones is 1. The second-order valence-corrected chi connectivity index (χ2v) is 7.38. The van der Waals surface area contributed by atoms with E-state index in [-0.39, 0.29) is 11.3 Å². The van der Waals surface area contributed by atoms with Crippen LogP contribution in [-0.2, 0) is 5.41 Å². The predicted molar refractivity (Wildman–Crippen MR) is 78.7 cm³/mol. The molecule has 0 bridgehead atoms. The van der Waals surface area contributed by atoms with E-state index in [2.05, 4.69) is 37.3 Å². The Morgan fingerprint density at radius 3 is 2.63 bits per heavy atom. The summed E-state index contributed by atoms with van der Waals surface area (Å²) in [5, 5.41) is 4.20. The van der Waals surface area contributed by atoms with Crippen molar-refractivity contribution < 1.29 is 4.79 Å². The highest BCUT2D eigenvalue weighted by molar-refractivity contribution is 7.08. The van der Waals surface area contributed by atoms with Gasteiger partial charge >= 0.3 is 0 Å². The SMILES string of the molecule is CCC1CCCCC1C(=O)c1snnc1C(C)(C)C. The summed E-state index contributed by atoms with van der Waals surface area (Å²) < 4.78 is 4.03. The van der Waals surface area contributed by atoms with Gasteiger partial charge in [0.05, 0.1) is 5.69 Å². The van der Waals surface area contributed by atoms with Gasteiger partial charge in [0.25, 0.3) is 0 Å². The van der Waals surface area contributed by atoms with Gasteiger partial charge in [-0.3, -0.25) is 4.79 Å². The summed E-state index contributed by atoms with van der Waals surface area (Å²) in [4.78, 5) is 13.6. The smallest absolute Gasteiger partial charge is 0.179 e. The summed E-state index contributed by atoms with van der Waals surface area (Å²) in [5.41, 5.74) is 0.775. The van der Waals surface area contributed by atoms with E-state index >= 15 is 0 Å². The number of rotatable bonds is 3. The molecule has 1 aliphatic rings. The van der Waals surface area contributed by atoms with Gasteiger partial charge < -0.3 is 0 Å². The fourth-order valence-corrected chi connectivity index (χ4v) is 3.93. The van der Waals surface area contributed by atoms with E-state index in [9.17, 15) is 4.79 Å². The molecule has 2 unspecified atom stereocenters. The lowest BCUT2D eigenvalue weighted by Gasteiger charge is -2.29. The van der Waals surface area contributed by atoms with Gasteiger partial charge in [-0.1, -0.05) is 51.4 Å². The lowest BCUT2D eigenvalue weighted by molar-refractivity contribution is 0.0822. The van der Waals surface area contributed by atoms with Gasteiger partial charge in [-0.2, -0.15) is 0 Å². The van der Waals surface area contributed by atoms with Gasteiger partial charge in [0.15, 0.2) is 5.78 Å². The molecule has 1 aromatic heterocycles. The molecule has 1 aliphatic carbocycles. The fourth-order valence-electron chi connectivity index (χ4n) is 3.05. The van der Waals surface area contributed by atoms with Gasteiger partial charge in [0.1, 0.15) is 4.88 Å². The van der Waals surface area contributed by atoms with Crippen LogP contribution >= 0.6 is 11.5 Å². The molecule has 106 valence electrons. The molecule has 0 saturated heterocycles. The van der Waals surface area contributed by atoms with Crippen LogP contribution in [0.15, 0.2) is 0 Å². The lowest BCUT2D eigenvalue weighted by atomic mass is 9.74. The minimum Gasteiger partial charge on any atom is -0.293 e. The largest absolute Gasteiger partial charge is 0.293 e. The van der Waals surface area contributed by atoms with Crippen LogP contribution in [0.3, 0.4) is 0 Å². The number of carbonyl (C=O) groups excluding carboxylic acids is 1. The Morgan fingerprint density at radius 1 is 1.32 bits per heavy atom. The molecule has 4 heteroatoms. The highest BCUT2D eigenvalue weighted by Crippen LogP contribution is 2.37. The van der Waals surface area contributed by atoms with Crippen LogP contribution < -0.4 is 0 Å². The van der Waals surface area contributed by atoms with Crippen molar-refractivity contribution in [2.24, 2.45) is 11.8 Å². The van der Waals surface area contributed by atoms with Crippen LogP contribution in [0.4, 0.5) is 0 Å². The third kappa shape index (κ3) is 3.04. The fraction of sp³-hybridized carbons (Fsp3) is 0.800. The zero-order chi connectivity index (χ0) is 14.0. The quantitative estimate of drug-likeness (QED) is 0.778. The molecule has 1 aromatic rings. The highest BCUT2D eigenvalue weighted by Gasteiger charge is 2.35. The van der Waals surface area contributed by atoms with Crippen LogP contribution in [0.1, 0.15) is 75.2 Å². The first-order chi connectivity index (χ1) is 8.95. The van der Waals surface area contributed by atoms with Crippen molar-refractivity contribution in [2.75, 3.05) is 0 Å². The molecular formula is C15H24N2OS. The average Bonchev–Trinajstić information content (AvgIpc) is 2.87. The van der Waals surface area contributed by atoms with Crippen LogP contribution in [0.25, 0.3) is 0 Å². The molecule has 2 rings (SSSR count). The third-order valence-corrected chi connectivity index (χ3v) is 4.93. The molecule has 2 atom stereocenters. The van der Waals surface area contributed by atoms with Gasteiger partial charge in [0, 0.05) is 11.3 Å². The van der Waals surface area contributed by atoms with Crippen molar-refractivity contribution >= 4 is 17.3 Å². The molecule has 0 spiro atoms. The van der Waals surface area contributed by atoms with E-state index in [1.807, 2.05) is 0 Å². The van der Waals surface area contributed by atoms with Crippen molar-refractivity contribution in [2.45, 2.75) is 65.2 Å². The van der Waals surface area contributed by atoms with Crippen LogP contribution in [0.5, 0.6) is 0 Å². The molecule has 1 heterocycles. The van der Waals surface area contributed by atoms with Gasteiger partial charge in [-0.05, 0) is 30.3 Å². The second kappa shape index (κ2) is 5.70. The Kier molecular flexibility index (Phi) is 4.39. The topological polar surface area (TPSA) is 42.9 Å². The van der Waals surface area contributed by atoms with Crippen molar-refractivity contribution in [1.82, 2.24) is 9.59 Å². The summed E-state index contributed by atoms with van der Waals surface area (Å²) in [6, 6.07) is 0. The number of Topliss-reactive ketones (excluding diaryl/α,β-unsaturated/α-hetero) is 1. The van der Waals surface area contributed by atoms with Crippen LogP contribution in [0, 0.1) is 11.8 Å². The van der Waals surface area contributed by atoms with Crippen molar-refractivity contribution in [3.63, 3.8) is 0 Å². The van der Waals surface area contributed by atoms with E-state index in [1.54, 1.807) is 0 Å². The zero-order valence-electron chi connectivity index (χ0n) is 12.4. The molecule has 1 fully saturated rings. The normalized spacial score (nSPS) is 24.4. The highest BCUT2D eigenvalue weighted by atomic mass is 32.1. The van der Waals surface area contributed by atoms with Crippen molar-refractivity contribution in [3.05, 3.63) is 10.6 Å². The molecular weight excluding hydrogens is 256 g/mol. The summed E-state index contributed by atoms with van der Waals surface area (Å²) in [6.45, 7) is 8.49. The molecule has 0 aromatic carbocycles. The first kappa shape index (κ1) is 14.6. The summed E-state index contributed by atoms with van der Waals surface area (Å²) >= 11 is 1.28. The predicted octanol–water partition coefficient (Wildman–Crippen LogP) is 4.23. The van der Waals surface area contributed by atoms with Crippen LogP contribution in [-0.4, -0.2) is 15.4 Å². The monoisotopic (exact) mass is 280 g/mol. The maximum absolute atomic E-state index is 12.8. The Morgan fingerprint density at radius 2 is 2.00 bits per heavy atom. The number of carbonyl (C=O) groups is 1. The summed E-state index contributed by atoms with van der Waals surface area (Å²) in [5.74, 6) is 1.05. The lowest BCUT2D eigenvalue weighted by Crippen LogP contribution is -2.28. The molecule has 0 amide bonds. The minimum absolute atomic E-state index is 0.103. The number of hydrogen-bond acceptors (Lipinski definition) is 4. The van der Waals surface area contributed by atoms with Crippen molar-refractivity contribution in [1.29, 1.82) is 0 Å². The third-order valence-electron chi connectivity index (χ3n) is 4.19. The van der Waals surface area contributed by atoms with Crippen LogP contribution in [0.2, 0.25) is 0 Å². The van der Waals surface area contributed by atoms with E-state index in [4.69, 9.17) is 0 Å². The Balaban J connectivity index is 2.26. The van der Waals surface area contributed by atoms with Gasteiger partial charge in [-0.15, -0.1) is 5.10 Å². The Hall–Kier alpha value is -0.770. The first-order valence-electron chi connectivity index (χ1n) is 7.32. The number of nitrogens with zero attached hydrogens (tertiary/aromatic N) is 2. The molecule has 19 heavy (non-hydrogen) atoms. The Bertz CT molecular complexity index is 447. The number of hydrogen-bond donors (Lipinski definition) is 0. The molecule has 0 N–H and O–H groups in total. The average molecular weight is 280 g/mol.